The molecule has 0 radical (unpaired) electrons. The number of tetrazole rings is 1. The second-order valence-corrected chi connectivity index (χ2v) is 3.91. The predicted octanol–water partition coefficient (Wildman–Crippen LogP) is 0.835. The molecule has 1 N–H and O–H groups in total. The predicted molar refractivity (Wildman–Crippen MR) is 64.9 cm³/mol. The number of aromatic nitrogens is 6. The van der Waals surface area contributed by atoms with Gasteiger partial charge in [-0.15, -0.1) is 14.8 Å². The van der Waals surface area contributed by atoms with Gasteiger partial charge in [0.1, 0.15) is 5.82 Å². The third kappa shape index (κ3) is 2.10. The number of hydrogen-bond acceptors (Lipinski definition) is 6. The van der Waals surface area contributed by atoms with Gasteiger partial charge in [0.25, 0.3) is 0 Å². The minimum atomic E-state index is 0.623. The first-order valence-electron chi connectivity index (χ1n) is 5.52. The molecule has 0 amide bonds. The van der Waals surface area contributed by atoms with Crippen molar-refractivity contribution in [3.8, 4) is 0 Å². The van der Waals surface area contributed by atoms with Crippen LogP contribution in [0.3, 0.4) is 0 Å². The summed E-state index contributed by atoms with van der Waals surface area (Å²) in [5.74, 6) is 0.718. The fraction of sp³-hybridized carbons (Fsp3) is 0.182. The fourth-order valence-electron chi connectivity index (χ4n) is 1.54. The van der Waals surface area contributed by atoms with Crippen molar-refractivity contribution in [2.75, 3.05) is 5.32 Å². The van der Waals surface area contributed by atoms with Crippen molar-refractivity contribution in [2.24, 2.45) is 0 Å². The molecule has 0 saturated carbocycles. The highest BCUT2D eigenvalue weighted by molar-refractivity contribution is 5.42. The summed E-state index contributed by atoms with van der Waals surface area (Å²) in [6.07, 6.45) is 1.85. The Morgan fingerprint density at radius 1 is 1.22 bits per heavy atom. The van der Waals surface area contributed by atoms with Crippen LogP contribution in [-0.2, 0) is 6.54 Å². The fourth-order valence-corrected chi connectivity index (χ4v) is 1.54. The maximum atomic E-state index is 4.24. The van der Waals surface area contributed by atoms with Crippen molar-refractivity contribution in [3.05, 3.63) is 41.7 Å². The topological polar surface area (TPSA) is 80.9 Å². The Hall–Kier alpha value is -2.57. The van der Waals surface area contributed by atoms with Crippen LogP contribution in [-0.4, -0.2) is 30.2 Å². The molecule has 7 nitrogen and oxygen atoms in total. The van der Waals surface area contributed by atoms with E-state index in [1.807, 2.05) is 37.4 Å². The second kappa shape index (κ2) is 4.36. The van der Waals surface area contributed by atoms with Gasteiger partial charge in [0.05, 0.1) is 0 Å². The van der Waals surface area contributed by atoms with Crippen LogP contribution >= 0.6 is 0 Å². The van der Waals surface area contributed by atoms with Crippen molar-refractivity contribution in [1.82, 2.24) is 30.2 Å². The highest BCUT2D eigenvalue weighted by atomic mass is 15.6. The molecular weight excluding hydrogens is 230 g/mol. The van der Waals surface area contributed by atoms with E-state index in [1.165, 1.54) is 4.63 Å². The molecule has 0 unspecified atom stereocenters. The Morgan fingerprint density at radius 3 is 3.00 bits per heavy atom. The zero-order valence-corrected chi connectivity index (χ0v) is 9.78. The van der Waals surface area contributed by atoms with Crippen LogP contribution in [0.15, 0.2) is 30.5 Å². The summed E-state index contributed by atoms with van der Waals surface area (Å²) >= 11 is 0. The highest BCUT2D eigenvalue weighted by Gasteiger charge is 2.00. The van der Waals surface area contributed by atoms with Gasteiger partial charge in [0.15, 0.2) is 5.65 Å². The van der Waals surface area contributed by atoms with Crippen LogP contribution in [0, 0.1) is 6.92 Å². The molecule has 0 fully saturated rings. The highest BCUT2D eigenvalue weighted by Crippen LogP contribution is 2.06. The molecule has 3 aromatic heterocycles. The van der Waals surface area contributed by atoms with Crippen molar-refractivity contribution in [3.63, 3.8) is 0 Å². The van der Waals surface area contributed by atoms with Gasteiger partial charge >= 0.3 is 0 Å². The Balaban J connectivity index is 1.74. The van der Waals surface area contributed by atoms with Crippen molar-refractivity contribution >= 4 is 11.5 Å². The van der Waals surface area contributed by atoms with Gasteiger partial charge in [-0.1, -0.05) is 6.07 Å². The summed E-state index contributed by atoms with van der Waals surface area (Å²) in [5, 5.41) is 18.5. The smallest absolute Gasteiger partial charge is 0.200 e. The van der Waals surface area contributed by atoms with Crippen LogP contribution in [0.4, 0.5) is 5.82 Å². The molecule has 0 aromatic carbocycles. The molecule has 3 rings (SSSR count). The summed E-state index contributed by atoms with van der Waals surface area (Å²) < 4.78 is 1.38. The van der Waals surface area contributed by atoms with Crippen LogP contribution < -0.4 is 5.32 Å². The maximum absolute atomic E-state index is 4.24. The van der Waals surface area contributed by atoms with Crippen LogP contribution in [0.2, 0.25) is 0 Å². The number of rotatable bonds is 3. The van der Waals surface area contributed by atoms with Crippen LogP contribution in [0.1, 0.15) is 11.3 Å². The normalized spacial score (nSPS) is 10.7. The van der Waals surface area contributed by atoms with Gasteiger partial charge in [0.2, 0.25) is 0 Å². The first-order chi connectivity index (χ1) is 8.81. The Morgan fingerprint density at radius 2 is 2.17 bits per heavy atom. The first-order valence-corrected chi connectivity index (χ1v) is 5.52. The van der Waals surface area contributed by atoms with E-state index in [1.54, 1.807) is 0 Å². The largest absolute Gasteiger partial charge is 0.364 e. The quantitative estimate of drug-likeness (QED) is 0.731. The molecule has 18 heavy (non-hydrogen) atoms. The maximum Gasteiger partial charge on any atom is 0.200 e. The van der Waals surface area contributed by atoms with Crippen molar-refractivity contribution in [1.29, 1.82) is 0 Å². The molecule has 0 aliphatic rings. The summed E-state index contributed by atoms with van der Waals surface area (Å²) in [5.41, 5.74) is 2.73. The summed E-state index contributed by atoms with van der Waals surface area (Å²) in [4.78, 5) is 4.24. The molecule has 0 bridgehead atoms. The molecule has 0 saturated heterocycles. The number of anilines is 1. The Kier molecular flexibility index (Phi) is 2.56. The van der Waals surface area contributed by atoms with Gasteiger partial charge in [-0.05, 0) is 41.1 Å². The summed E-state index contributed by atoms with van der Waals surface area (Å²) in [6, 6.07) is 7.66. The molecule has 7 heteroatoms. The van der Waals surface area contributed by atoms with Crippen LogP contribution in [0.25, 0.3) is 5.65 Å². The molecule has 90 valence electrons. The van der Waals surface area contributed by atoms with E-state index in [9.17, 15) is 0 Å². The number of nitrogens with zero attached hydrogens (tertiary/aromatic N) is 6. The number of aryl methyl sites for hydroxylation is 1. The lowest BCUT2D eigenvalue weighted by Crippen LogP contribution is -2.05. The number of hydrogen-bond donors (Lipinski definition) is 1. The van der Waals surface area contributed by atoms with Crippen LogP contribution in [0.5, 0.6) is 0 Å². The number of nitrogens with one attached hydrogen (secondary N) is 1. The van der Waals surface area contributed by atoms with E-state index in [2.05, 4.69) is 30.9 Å². The minimum Gasteiger partial charge on any atom is -0.364 e. The average molecular weight is 241 g/mol. The van der Waals surface area contributed by atoms with Gasteiger partial charge in [-0.2, -0.15) is 0 Å². The van der Waals surface area contributed by atoms with E-state index in [0.717, 1.165) is 17.1 Å². The zero-order valence-electron chi connectivity index (χ0n) is 9.78. The molecule has 3 heterocycles. The second-order valence-electron chi connectivity index (χ2n) is 3.91. The molecular formula is C11H11N7. The molecule has 0 aliphatic heterocycles. The first kappa shape index (κ1) is 10.6. The SMILES string of the molecule is Cc1ccc(CNc2ccc3nnnn3n2)cn1. The molecule has 0 spiro atoms. The van der Waals surface area contributed by atoms with Gasteiger partial charge in [0, 0.05) is 18.4 Å². The van der Waals surface area contributed by atoms with Crippen molar-refractivity contribution < 1.29 is 0 Å². The molecule has 0 atom stereocenters. The monoisotopic (exact) mass is 241 g/mol. The lowest BCUT2D eigenvalue weighted by atomic mass is 10.2. The Bertz CT molecular complexity index is 658. The minimum absolute atomic E-state index is 0.623. The van der Waals surface area contributed by atoms with Crippen molar-refractivity contribution in [2.45, 2.75) is 13.5 Å². The summed E-state index contributed by atoms with van der Waals surface area (Å²) in [7, 11) is 0. The van der Waals surface area contributed by atoms with Gasteiger partial charge < -0.3 is 5.32 Å². The van der Waals surface area contributed by atoms with Gasteiger partial charge in [-0.3, -0.25) is 4.98 Å². The molecule has 3 aromatic rings. The number of fused-ring (bicyclic) bond motifs is 1. The van der Waals surface area contributed by atoms with E-state index >= 15 is 0 Å². The van der Waals surface area contributed by atoms with E-state index < -0.39 is 0 Å². The number of pyridine rings is 1. The van der Waals surface area contributed by atoms with E-state index in [-0.39, 0.29) is 0 Å². The third-order valence-electron chi connectivity index (χ3n) is 2.52. The van der Waals surface area contributed by atoms with Gasteiger partial charge in [-0.25, -0.2) is 0 Å². The molecule has 0 aliphatic carbocycles. The Labute approximate surface area is 103 Å². The summed E-state index contributed by atoms with van der Waals surface area (Å²) in [6.45, 7) is 2.62. The average Bonchev–Trinajstić information content (AvgIpc) is 2.85. The lowest BCUT2D eigenvalue weighted by molar-refractivity contribution is 0.734. The lowest BCUT2D eigenvalue weighted by Gasteiger charge is -2.05. The van der Waals surface area contributed by atoms with E-state index in [4.69, 9.17) is 0 Å². The third-order valence-corrected chi connectivity index (χ3v) is 2.52. The standard InChI is InChI=1S/C11H11N7/c1-8-2-3-9(6-12-8)7-13-10-4-5-11-14-16-17-18(11)15-10/h2-6H,7H2,1H3,(H,13,15). The van der Waals surface area contributed by atoms with E-state index in [0.29, 0.717) is 12.2 Å². The zero-order chi connectivity index (χ0) is 12.4.